The molecule has 0 aliphatic carbocycles. The molecule has 2 saturated heterocycles. The van der Waals surface area contributed by atoms with Crippen LogP contribution in [0.5, 0.6) is 5.88 Å². The second-order valence-electron chi connectivity index (χ2n) is 13.1. The fourth-order valence-corrected chi connectivity index (χ4v) is 6.75. The van der Waals surface area contributed by atoms with Crippen LogP contribution in [-0.2, 0) is 16.0 Å². The van der Waals surface area contributed by atoms with Gasteiger partial charge >= 0.3 is 12.3 Å². The Hall–Kier alpha value is -4.02. The van der Waals surface area contributed by atoms with Crippen molar-refractivity contribution in [3.8, 4) is 5.88 Å². The minimum atomic E-state index is -4.65. The molecule has 0 radical (unpaired) electrons. The molecule has 1 unspecified atom stereocenters. The quantitative estimate of drug-likeness (QED) is 0.400. The van der Waals surface area contributed by atoms with E-state index in [4.69, 9.17) is 9.47 Å². The Kier molecular flexibility index (Phi) is 11.0. The van der Waals surface area contributed by atoms with E-state index in [0.717, 1.165) is 0 Å². The van der Waals surface area contributed by atoms with Gasteiger partial charge in [-0.1, -0.05) is 12.1 Å². The smallest absolute Gasteiger partial charge is 0.407 e. The van der Waals surface area contributed by atoms with E-state index in [2.05, 4.69) is 9.88 Å². The van der Waals surface area contributed by atoms with Gasteiger partial charge in [0.2, 0.25) is 11.8 Å². The number of alkyl halides is 3. The van der Waals surface area contributed by atoms with Crippen LogP contribution in [-0.4, -0.2) is 132 Å². The van der Waals surface area contributed by atoms with Gasteiger partial charge in [-0.15, -0.1) is 0 Å². The average molecular weight is 695 g/mol. The number of carboxylic acid groups (broad SMARTS) is 1. The zero-order valence-electron chi connectivity index (χ0n) is 27.9. The number of anilines is 1. The molecule has 2 N–H and O–H groups in total. The molecule has 16 heteroatoms. The maximum atomic E-state index is 14.3. The van der Waals surface area contributed by atoms with E-state index in [0.29, 0.717) is 31.9 Å². The third-order valence-corrected chi connectivity index (χ3v) is 9.26. The van der Waals surface area contributed by atoms with Crippen molar-refractivity contribution in [2.75, 3.05) is 57.4 Å². The number of aromatic nitrogens is 1. The third kappa shape index (κ3) is 8.59. The van der Waals surface area contributed by atoms with Gasteiger partial charge in [0.05, 0.1) is 25.8 Å². The highest BCUT2D eigenvalue weighted by atomic mass is 19.4. The molecule has 1 aromatic carbocycles. The zero-order chi connectivity index (χ0) is 35.6. The van der Waals surface area contributed by atoms with E-state index in [1.165, 1.54) is 40.1 Å². The fourth-order valence-electron chi connectivity index (χ4n) is 6.75. The van der Waals surface area contributed by atoms with Crippen LogP contribution >= 0.6 is 0 Å². The number of pyridine rings is 1. The monoisotopic (exact) mass is 694 g/mol. The van der Waals surface area contributed by atoms with Gasteiger partial charge in [-0.3, -0.25) is 19.4 Å². The van der Waals surface area contributed by atoms with Gasteiger partial charge in [-0.25, -0.2) is 14.2 Å². The maximum Gasteiger partial charge on any atom is 0.407 e. The van der Waals surface area contributed by atoms with Crippen LogP contribution in [0.2, 0.25) is 0 Å². The number of rotatable bonds is 8. The molecule has 3 aliphatic heterocycles. The normalized spacial score (nSPS) is 25.0. The summed E-state index contributed by atoms with van der Waals surface area (Å²) in [4.78, 5) is 50.9. The molecule has 4 heterocycles. The lowest BCUT2D eigenvalue weighted by Gasteiger charge is -2.48. The summed E-state index contributed by atoms with van der Waals surface area (Å²) in [6.07, 6.45) is -5.67. The first-order valence-electron chi connectivity index (χ1n) is 16.3. The predicted octanol–water partition coefficient (Wildman–Crippen LogP) is 3.38. The molecule has 0 bridgehead atoms. The van der Waals surface area contributed by atoms with E-state index in [-0.39, 0.29) is 79.0 Å². The minimum Gasteiger partial charge on any atom is -0.474 e. The van der Waals surface area contributed by atoms with Crippen molar-refractivity contribution in [1.82, 2.24) is 25.0 Å². The second-order valence-corrected chi connectivity index (χ2v) is 13.1. The lowest BCUT2D eigenvalue weighted by Crippen LogP contribution is -2.65. The lowest BCUT2D eigenvalue weighted by molar-refractivity contribution is -0.123. The third-order valence-electron chi connectivity index (χ3n) is 9.26. The van der Waals surface area contributed by atoms with Gasteiger partial charge in [-0.2, -0.15) is 13.2 Å². The van der Waals surface area contributed by atoms with E-state index < -0.39 is 36.6 Å². The Balaban J connectivity index is 1.45. The number of benzene rings is 1. The van der Waals surface area contributed by atoms with E-state index in [9.17, 15) is 37.1 Å². The molecule has 0 spiro atoms. The number of hydrogen-bond donors (Lipinski definition) is 2. The van der Waals surface area contributed by atoms with Crippen molar-refractivity contribution in [3.63, 3.8) is 0 Å². The Bertz CT molecular complexity index is 1520. The highest BCUT2D eigenvalue weighted by Gasteiger charge is 2.40. The second kappa shape index (κ2) is 14.8. The molecule has 2 aromatic rings. The summed E-state index contributed by atoms with van der Waals surface area (Å²) in [5, 5.41) is 11.8. The molecule has 5 atom stereocenters. The molecular weight excluding hydrogens is 652 g/mol. The number of nitrogens with zero attached hydrogens (tertiary/aromatic N) is 5. The molecule has 3 amide bonds. The molecule has 268 valence electrons. The van der Waals surface area contributed by atoms with Gasteiger partial charge in [0.25, 0.3) is 5.91 Å². The maximum absolute atomic E-state index is 14.3. The van der Waals surface area contributed by atoms with Gasteiger partial charge in [-0.05, 0) is 63.4 Å². The first-order valence-corrected chi connectivity index (χ1v) is 16.3. The number of morpholine rings is 1. The predicted molar refractivity (Wildman–Crippen MR) is 170 cm³/mol. The van der Waals surface area contributed by atoms with Crippen LogP contribution in [0.4, 0.5) is 28.0 Å². The van der Waals surface area contributed by atoms with Crippen LogP contribution in [0.25, 0.3) is 0 Å². The van der Waals surface area contributed by atoms with Crippen molar-refractivity contribution in [2.45, 2.75) is 70.5 Å². The summed E-state index contributed by atoms with van der Waals surface area (Å²) in [7, 11) is 0. The largest absolute Gasteiger partial charge is 0.474 e. The Morgan fingerprint density at radius 1 is 0.980 bits per heavy atom. The Morgan fingerprint density at radius 3 is 2.29 bits per heavy atom. The number of amides is 3. The van der Waals surface area contributed by atoms with E-state index >= 15 is 0 Å². The fraction of sp³-hybridized carbons (Fsp3) is 0.576. The van der Waals surface area contributed by atoms with Crippen LogP contribution in [0.3, 0.4) is 0 Å². The first kappa shape index (κ1) is 36.3. The van der Waals surface area contributed by atoms with Crippen molar-refractivity contribution >= 4 is 23.6 Å². The molecule has 3 aliphatic rings. The lowest BCUT2D eigenvalue weighted by atomic mass is 10.0. The molecular formula is C33H42F4N6O6. The number of carbonyl (C=O) groups excluding carboxylic acids is 2. The summed E-state index contributed by atoms with van der Waals surface area (Å²) >= 11 is 0. The number of halogens is 4. The molecule has 49 heavy (non-hydrogen) atoms. The van der Waals surface area contributed by atoms with Crippen molar-refractivity contribution in [2.24, 2.45) is 0 Å². The Labute approximate surface area is 281 Å². The molecule has 0 saturated carbocycles. The number of ether oxygens (including phenoxy) is 2. The summed E-state index contributed by atoms with van der Waals surface area (Å²) in [6, 6.07) is 5.99. The molecule has 2 fully saturated rings. The van der Waals surface area contributed by atoms with Gasteiger partial charge in [0, 0.05) is 43.8 Å². The number of piperazine rings is 1. The van der Waals surface area contributed by atoms with Crippen molar-refractivity contribution in [3.05, 3.63) is 53.0 Å². The highest BCUT2D eigenvalue weighted by molar-refractivity contribution is 5.99. The summed E-state index contributed by atoms with van der Waals surface area (Å²) < 4.78 is 64.0. The number of carbonyl (C=O) groups is 3. The van der Waals surface area contributed by atoms with Gasteiger partial charge in [0.1, 0.15) is 30.4 Å². The highest BCUT2D eigenvalue weighted by Crippen LogP contribution is 2.36. The minimum absolute atomic E-state index is 0.0123. The zero-order valence-corrected chi connectivity index (χ0v) is 27.9. The van der Waals surface area contributed by atoms with Crippen LogP contribution in [0.15, 0.2) is 30.3 Å². The van der Waals surface area contributed by atoms with Gasteiger partial charge < -0.3 is 29.7 Å². The summed E-state index contributed by atoms with van der Waals surface area (Å²) in [5.41, 5.74) is 0.729. The number of nitrogens with one attached hydrogen (secondary N) is 1. The van der Waals surface area contributed by atoms with Gasteiger partial charge in [0.15, 0.2) is 0 Å². The van der Waals surface area contributed by atoms with E-state index in [1.54, 1.807) is 13.8 Å². The first-order chi connectivity index (χ1) is 23.1. The SMILES string of the molecule is CC1COc2nc(C(=O)NCC(F)(F)F)c(Cc3ccc(F)cc3)cc2N1C(=O)CN1C[C@@H](C)N(C(=O)O)C[C@@H]1CN1[C@H](C)COC[C@H]1C. The van der Waals surface area contributed by atoms with Crippen LogP contribution in [0, 0.1) is 5.82 Å². The van der Waals surface area contributed by atoms with E-state index in [1.807, 2.05) is 24.1 Å². The molecule has 12 nitrogen and oxygen atoms in total. The van der Waals surface area contributed by atoms with Crippen LogP contribution < -0.4 is 15.0 Å². The number of fused-ring (bicyclic) bond motifs is 1. The average Bonchev–Trinajstić information content (AvgIpc) is 3.02. The summed E-state index contributed by atoms with van der Waals surface area (Å²) in [5.74, 6) is -1.95. The molecule has 5 rings (SSSR count). The van der Waals surface area contributed by atoms with Crippen molar-refractivity contribution < 1.29 is 46.5 Å². The van der Waals surface area contributed by atoms with Crippen LogP contribution in [0.1, 0.15) is 49.3 Å². The Morgan fingerprint density at radius 2 is 1.65 bits per heavy atom. The molecule has 1 aromatic heterocycles. The standard InChI is InChI=1S/C33H42F4N6O6/c1-19-11-40(26(13-42(19)32(46)47)12-41-20(2)15-48-16-21(41)3)14-28(44)43-22(4)17-49-31-27(43)10-24(9-23-5-7-25(34)8-6-23)29(39-31)30(45)38-18-33(35,36)37/h5-8,10,19-22,26H,9,11-18H2,1-4H3,(H,38,45)(H,46,47)/t19-,20-,21-,22?,26+/m1/s1. The number of hydrogen-bond acceptors (Lipinski definition) is 8. The topological polar surface area (TPSA) is 128 Å². The van der Waals surface area contributed by atoms with Crippen molar-refractivity contribution in [1.29, 1.82) is 0 Å². The summed E-state index contributed by atoms with van der Waals surface area (Å²) in [6.45, 7) is 8.19.